The first-order chi connectivity index (χ1) is 12.8. The molecular formula is C20H39N3O2S. The van der Waals surface area contributed by atoms with Crippen molar-refractivity contribution in [1.29, 1.82) is 0 Å². The zero-order chi connectivity index (χ0) is 18.5. The smallest absolute Gasteiger partial charge is 0.191 e. The Morgan fingerprint density at radius 3 is 2.62 bits per heavy atom. The quantitative estimate of drug-likeness (QED) is 0.342. The topological polar surface area (TPSA) is 54.9 Å². The van der Waals surface area contributed by atoms with E-state index in [4.69, 9.17) is 14.5 Å². The molecule has 0 aromatic rings. The average molecular weight is 386 g/mol. The minimum atomic E-state index is 0.249. The Balaban J connectivity index is 1.70. The van der Waals surface area contributed by atoms with Crippen LogP contribution in [0.15, 0.2) is 4.99 Å². The second-order valence-corrected chi connectivity index (χ2v) is 9.07. The zero-order valence-corrected chi connectivity index (χ0v) is 17.7. The van der Waals surface area contributed by atoms with E-state index in [1.807, 2.05) is 11.8 Å². The van der Waals surface area contributed by atoms with Crippen LogP contribution in [0.1, 0.15) is 65.2 Å². The molecule has 0 spiro atoms. The molecule has 26 heavy (non-hydrogen) atoms. The Morgan fingerprint density at radius 1 is 1.15 bits per heavy atom. The van der Waals surface area contributed by atoms with Crippen LogP contribution in [0.4, 0.5) is 0 Å². The van der Waals surface area contributed by atoms with Gasteiger partial charge in [0, 0.05) is 37.7 Å². The third-order valence-electron chi connectivity index (χ3n) is 5.24. The highest BCUT2D eigenvalue weighted by atomic mass is 32.2. The van der Waals surface area contributed by atoms with Crippen molar-refractivity contribution in [3.8, 4) is 0 Å². The summed E-state index contributed by atoms with van der Waals surface area (Å²) in [5.74, 6) is 2.07. The van der Waals surface area contributed by atoms with Crippen LogP contribution in [-0.2, 0) is 9.47 Å². The number of guanidine groups is 1. The van der Waals surface area contributed by atoms with Gasteiger partial charge in [0.2, 0.25) is 0 Å². The number of nitrogens with zero attached hydrogens (tertiary/aromatic N) is 1. The molecule has 0 bridgehead atoms. The molecule has 1 heterocycles. The van der Waals surface area contributed by atoms with Gasteiger partial charge in [0.05, 0.1) is 12.6 Å². The predicted octanol–water partition coefficient (Wildman–Crippen LogP) is 3.58. The summed E-state index contributed by atoms with van der Waals surface area (Å²) in [4.78, 5) is 4.89. The molecule has 6 heteroatoms. The molecule has 0 amide bonds. The summed E-state index contributed by atoms with van der Waals surface area (Å²) in [6.45, 7) is 9.61. The molecular weight excluding hydrogens is 346 g/mol. The fourth-order valence-corrected chi connectivity index (χ4v) is 4.95. The fourth-order valence-electron chi connectivity index (χ4n) is 3.72. The number of hydrogen-bond acceptors (Lipinski definition) is 4. The molecule has 0 aromatic carbocycles. The maximum absolute atomic E-state index is 6.01. The van der Waals surface area contributed by atoms with Crippen molar-refractivity contribution in [3.63, 3.8) is 0 Å². The Morgan fingerprint density at radius 2 is 1.92 bits per heavy atom. The largest absolute Gasteiger partial charge is 0.381 e. The second-order valence-electron chi connectivity index (χ2n) is 7.33. The zero-order valence-electron chi connectivity index (χ0n) is 16.9. The maximum atomic E-state index is 6.01. The Hall–Kier alpha value is -0.460. The van der Waals surface area contributed by atoms with Gasteiger partial charge in [-0.2, -0.15) is 11.8 Å². The van der Waals surface area contributed by atoms with Crippen molar-refractivity contribution in [2.75, 3.05) is 45.2 Å². The minimum Gasteiger partial charge on any atom is -0.381 e. The van der Waals surface area contributed by atoms with Crippen molar-refractivity contribution in [1.82, 2.24) is 10.6 Å². The number of nitrogens with one attached hydrogen (secondary N) is 2. The summed E-state index contributed by atoms with van der Waals surface area (Å²) in [5.41, 5.74) is 0. The van der Waals surface area contributed by atoms with Gasteiger partial charge >= 0.3 is 0 Å². The molecule has 1 saturated carbocycles. The Labute approximate surface area is 164 Å². The van der Waals surface area contributed by atoms with Crippen LogP contribution in [0.3, 0.4) is 0 Å². The summed E-state index contributed by atoms with van der Waals surface area (Å²) in [5, 5.41) is 6.86. The summed E-state index contributed by atoms with van der Waals surface area (Å²) in [7, 11) is 0. The summed E-state index contributed by atoms with van der Waals surface area (Å²) >= 11 is 2.04. The van der Waals surface area contributed by atoms with E-state index in [0.29, 0.717) is 6.10 Å². The van der Waals surface area contributed by atoms with Crippen LogP contribution in [0.5, 0.6) is 0 Å². The monoisotopic (exact) mass is 385 g/mol. The molecule has 0 radical (unpaired) electrons. The fraction of sp³-hybridized carbons (Fsp3) is 0.950. The first-order valence-electron chi connectivity index (χ1n) is 10.6. The van der Waals surface area contributed by atoms with E-state index in [1.54, 1.807) is 0 Å². The number of ether oxygens (including phenoxy) is 2. The number of hydrogen-bond donors (Lipinski definition) is 2. The Bertz CT molecular complexity index is 389. The van der Waals surface area contributed by atoms with E-state index in [9.17, 15) is 0 Å². The predicted molar refractivity (Wildman–Crippen MR) is 112 cm³/mol. The van der Waals surface area contributed by atoms with Crippen molar-refractivity contribution in [2.45, 2.75) is 76.1 Å². The van der Waals surface area contributed by atoms with Crippen molar-refractivity contribution in [2.24, 2.45) is 4.99 Å². The molecule has 152 valence electrons. The van der Waals surface area contributed by atoms with Gasteiger partial charge < -0.3 is 20.1 Å². The molecule has 1 aliphatic heterocycles. The van der Waals surface area contributed by atoms with E-state index < -0.39 is 0 Å². The van der Waals surface area contributed by atoms with E-state index in [1.165, 1.54) is 32.1 Å². The van der Waals surface area contributed by atoms with Gasteiger partial charge in [-0.15, -0.1) is 0 Å². The van der Waals surface area contributed by atoms with Crippen molar-refractivity contribution < 1.29 is 9.47 Å². The lowest BCUT2D eigenvalue weighted by Gasteiger charge is -2.35. The molecule has 1 aliphatic carbocycles. The molecule has 1 saturated heterocycles. The summed E-state index contributed by atoms with van der Waals surface area (Å²) < 4.78 is 11.8. The third kappa shape index (κ3) is 8.05. The van der Waals surface area contributed by atoms with Crippen LogP contribution in [0, 0.1) is 0 Å². The van der Waals surface area contributed by atoms with Crippen molar-refractivity contribution >= 4 is 17.7 Å². The highest BCUT2D eigenvalue weighted by Crippen LogP contribution is 2.35. The van der Waals surface area contributed by atoms with E-state index in [0.717, 1.165) is 70.4 Å². The SMILES string of the molecule is CCNC(=NCC1(SCC)CCOCC1)NCCCOC1CCCCC1. The van der Waals surface area contributed by atoms with Gasteiger partial charge in [0.1, 0.15) is 0 Å². The van der Waals surface area contributed by atoms with Crippen LogP contribution >= 0.6 is 11.8 Å². The molecule has 2 fully saturated rings. The first kappa shape index (κ1) is 21.8. The lowest BCUT2D eigenvalue weighted by Crippen LogP contribution is -2.41. The molecule has 5 nitrogen and oxygen atoms in total. The van der Waals surface area contributed by atoms with Crippen LogP contribution in [-0.4, -0.2) is 62.0 Å². The van der Waals surface area contributed by atoms with Gasteiger partial charge in [0.25, 0.3) is 0 Å². The second kappa shape index (κ2) is 12.8. The van der Waals surface area contributed by atoms with E-state index in [-0.39, 0.29) is 4.75 Å². The highest BCUT2D eigenvalue weighted by molar-refractivity contribution is 8.00. The number of aliphatic imine (C=N–C) groups is 1. The highest BCUT2D eigenvalue weighted by Gasteiger charge is 2.32. The van der Waals surface area contributed by atoms with Crippen molar-refractivity contribution in [3.05, 3.63) is 0 Å². The summed E-state index contributed by atoms with van der Waals surface area (Å²) in [6, 6.07) is 0. The van der Waals surface area contributed by atoms with Gasteiger partial charge in [-0.25, -0.2) is 0 Å². The van der Waals surface area contributed by atoms with E-state index >= 15 is 0 Å². The molecule has 2 N–H and O–H groups in total. The minimum absolute atomic E-state index is 0.249. The Kier molecular flexibility index (Phi) is 10.8. The normalized spacial score (nSPS) is 21.5. The average Bonchev–Trinajstić information content (AvgIpc) is 2.67. The van der Waals surface area contributed by atoms with Crippen LogP contribution in [0.25, 0.3) is 0 Å². The number of rotatable bonds is 10. The van der Waals surface area contributed by atoms with Crippen LogP contribution in [0.2, 0.25) is 0 Å². The van der Waals surface area contributed by atoms with E-state index in [2.05, 4.69) is 24.5 Å². The molecule has 0 aromatic heterocycles. The van der Waals surface area contributed by atoms with Gasteiger partial charge in [-0.1, -0.05) is 26.2 Å². The third-order valence-corrected chi connectivity index (χ3v) is 6.68. The molecule has 2 aliphatic rings. The van der Waals surface area contributed by atoms with Gasteiger partial charge in [-0.05, 0) is 44.8 Å². The number of thioether (sulfide) groups is 1. The lowest BCUT2D eigenvalue weighted by molar-refractivity contribution is 0.0277. The molecule has 2 rings (SSSR count). The lowest BCUT2D eigenvalue weighted by atomic mass is 9.98. The maximum Gasteiger partial charge on any atom is 0.191 e. The molecule has 0 atom stereocenters. The van der Waals surface area contributed by atoms with Crippen LogP contribution < -0.4 is 10.6 Å². The van der Waals surface area contributed by atoms with Gasteiger partial charge in [0.15, 0.2) is 5.96 Å². The van der Waals surface area contributed by atoms with Gasteiger partial charge in [-0.3, -0.25) is 4.99 Å². The first-order valence-corrected chi connectivity index (χ1v) is 11.6. The standard InChI is InChI=1S/C20H39N3O2S/c1-3-21-19(22-13-8-14-25-18-9-6-5-7-10-18)23-17-20(26-4-2)11-15-24-16-12-20/h18H,3-17H2,1-2H3,(H2,21,22,23). The molecule has 0 unspecified atom stereocenters. The summed E-state index contributed by atoms with van der Waals surface area (Å²) in [6.07, 6.45) is 10.3.